The quantitative estimate of drug-likeness (QED) is 0.690. The second-order valence-electron chi connectivity index (χ2n) is 6.95. The summed E-state index contributed by atoms with van der Waals surface area (Å²) in [6.07, 6.45) is 6.16. The molecule has 1 nitrogen and oxygen atoms in total. The Morgan fingerprint density at radius 1 is 1.25 bits per heavy atom. The molecule has 0 unspecified atom stereocenters. The number of rotatable bonds is 3. The molecule has 2 saturated carbocycles. The molecule has 90 valence electrons. The van der Waals surface area contributed by atoms with Gasteiger partial charge in [0.1, 0.15) is 0 Å². The molecule has 0 N–H and O–H groups in total. The van der Waals surface area contributed by atoms with E-state index >= 15 is 0 Å². The smallest absolute Gasteiger partial charge is 0.0689 e. The summed E-state index contributed by atoms with van der Waals surface area (Å²) in [6.45, 7) is 9.40. The maximum absolute atomic E-state index is 9.22. The normalized spacial score (nSPS) is 43.1. The topological polar surface area (TPSA) is 23.8 Å². The highest BCUT2D eigenvalue weighted by molar-refractivity contribution is 5.11. The SMILES string of the molecule is CCC1(C#N)CC(C(C)(C)C2CC(C)C2)C1. The predicted molar refractivity (Wildman–Crippen MR) is 66.7 cm³/mol. The van der Waals surface area contributed by atoms with Gasteiger partial charge in [-0.25, -0.2) is 0 Å². The third-order valence-electron chi connectivity index (χ3n) is 5.67. The third-order valence-corrected chi connectivity index (χ3v) is 5.67. The van der Waals surface area contributed by atoms with Crippen molar-refractivity contribution >= 4 is 0 Å². The maximum atomic E-state index is 9.22. The standard InChI is InChI=1S/C15H25N/c1-5-15(10-16)8-13(9-15)14(3,4)12-6-11(2)7-12/h11-13H,5-9H2,1-4H3. The van der Waals surface area contributed by atoms with Gasteiger partial charge in [0, 0.05) is 0 Å². The van der Waals surface area contributed by atoms with Crippen molar-refractivity contribution in [2.75, 3.05) is 0 Å². The Hall–Kier alpha value is -0.510. The molecule has 0 spiro atoms. The second-order valence-corrected chi connectivity index (χ2v) is 6.95. The van der Waals surface area contributed by atoms with Crippen molar-refractivity contribution in [2.45, 2.75) is 59.8 Å². The summed E-state index contributed by atoms with van der Waals surface area (Å²) in [6, 6.07) is 2.55. The Morgan fingerprint density at radius 2 is 1.81 bits per heavy atom. The minimum Gasteiger partial charge on any atom is -0.198 e. The van der Waals surface area contributed by atoms with E-state index in [1.54, 1.807) is 0 Å². The Bertz CT molecular complexity index is 298. The zero-order valence-electron chi connectivity index (χ0n) is 11.2. The van der Waals surface area contributed by atoms with Crippen molar-refractivity contribution in [3.63, 3.8) is 0 Å². The van der Waals surface area contributed by atoms with E-state index in [4.69, 9.17) is 0 Å². The van der Waals surface area contributed by atoms with Crippen LogP contribution in [-0.4, -0.2) is 0 Å². The molecule has 0 saturated heterocycles. The van der Waals surface area contributed by atoms with Crippen molar-refractivity contribution in [2.24, 2.45) is 28.6 Å². The molecule has 2 aliphatic rings. The number of hydrogen-bond donors (Lipinski definition) is 0. The van der Waals surface area contributed by atoms with E-state index < -0.39 is 0 Å². The molecule has 0 atom stereocenters. The highest BCUT2D eigenvalue weighted by Gasteiger charge is 2.53. The Morgan fingerprint density at radius 3 is 2.19 bits per heavy atom. The van der Waals surface area contributed by atoms with E-state index in [-0.39, 0.29) is 5.41 Å². The maximum Gasteiger partial charge on any atom is 0.0689 e. The van der Waals surface area contributed by atoms with E-state index in [2.05, 4.69) is 33.8 Å². The molecule has 1 heteroatoms. The van der Waals surface area contributed by atoms with Crippen LogP contribution in [-0.2, 0) is 0 Å². The summed E-state index contributed by atoms with van der Waals surface area (Å²) < 4.78 is 0. The molecule has 2 rings (SSSR count). The third kappa shape index (κ3) is 1.67. The summed E-state index contributed by atoms with van der Waals surface area (Å²) in [4.78, 5) is 0. The van der Waals surface area contributed by atoms with E-state index in [1.165, 1.54) is 12.8 Å². The molecule has 0 aliphatic heterocycles. The fraction of sp³-hybridized carbons (Fsp3) is 0.933. The van der Waals surface area contributed by atoms with Gasteiger partial charge in [-0.3, -0.25) is 0 Å². The van der Waals surface area contributed by atoms with Crippen LogP contribution in [0, 0.1) is 39.9 Å². The van der Waals surface area contributed by atoms with E-state index in [9.17, 15) is 5.26 Å². The molecule has 0 heterocycles. The van der Waals surface area contributed by atoms with Crippen LogP contribution in [0.1, 0.15) is 59.8 Å². The molecule has 0 bridgehead atoms. The predicted octanol–water partition coefficient (Wildman–Crippen LogP) is 4.39. The van der Waals surface area contributed by atoms with E-state index in [1.807, 2.05) is 0 Å². The van der Waals surface area contributed by atoms with E-state index in [0.717, 1.165) is 37.0 Å². The summed E-state index contributed by atoms with van der Waals surface area (Å²) in [5.41, 5.74) is 0.513. The fourth-order valence-electron chi connectivity index (χ4n) is 3.71. The molecule has 0 amide bonds. The van der Waals surface area contributed by atoms with Gasteiger partial charge >= 0.3 is 0 Å². The van der Waals surface area contributed by atoms with Gasteiger partial charge in [0.05, 0.1) is 11.5 Å². The Kier molecular flexibility index (Phi) is 2.81. The minimum absolute atomic E-state index is 0.0390. The monoisotopic (exact) mass is 219 g/mol. The Labute approximate surface area is 100 Å². The lowest BCUT2D eigenvalue weighted by molar-refractivity contribution is -0.0582. The first kappa shape index (κ1) is 12.0. The molecule has 0 aromatic carbocycles. The lowest BCUT2D eigenvalue weighted by Gasteiger charge is -2.56. The van der Waals surface area contributed by atoms with Crippen LogP contribution in [0.25, 0.3) is 0 Å². The first-order valence-corrected chi connectivity index (χ1v) is 6.85. The van der Waals surface area contributed by atoms with Crippen LogP contribution in [0.2, 0.25) is 0 Å². The van der Waals surface area contributed by atoms with Gasteiger partial charge in [0.25, 0.3) is 0 Å². The first-order valence-electron chi connectivity index (χ1n) is 6.85. The lowest BCUT2D eigenvalue weighted by Crippen LogP contribution is -2.48. The van der Waals surface area contributed by atoms with Crippen LogP contribution in [0.3, 0.4) is 0 Å². The van der Waals surface area contributed by atoms with Gasteiger partial charge in [-0.1, -0.05) is 27.7 Å². The molecule has 16 heavy (non-hydrogen) atoms. The zero-order valence-corrected chi connectivity index (χ0v) is 11.2. The number of hydrogen-bond acceptors (Lipinski definition) is 1. The molecule has 0 radical (unpaired) electrons. The van der Waals surface area contributed by atoms with E-state index in [0.29, 0.717) is 5.41 Å². The second kappa shape index (κ2) is 3.76. The molecular formula is C15H25N. The van der Waals surface area contributed by atoms with Gasteiger partial charge in [0.15, 0.2) is 0 Å². The highest BCUT2D eigenvalue weighted by Crippen LogP contribution is 2.60. The van der Waals surface area contributed by atoms with Gasteiger partial charge < -0.3 is 0 Å². The number of nitriles is 1. The van der Waals surface area contributed by atoms with Gasteiger partial charge in [-0.05, 0) is 55.3 Å². The zero-order chi connectivity index (χ0) is 12.0. The van der Waals surface area contributed by atoms with Gasteiger partial charge in [-0.15, -0.1) is 0 Å². The van der Waals surface area contributed by atoms with Crippen LogP contribution in [0.4, 0.5) is 0 Å². The van der Waals surface area contributed by atoms with Crippen molar-refractivity contribution in [1.82, 2.24) is 0 Å². The molecule has 2 fully saturated rings. The summed E-state index contributed by atoms with van der Waals surface area (Å²) in [5.74, 6) is 2.65. The first-order chi connectivity index (χ1) is 7.43. The van der Waals surface area contributed by atoms with Crippen LogP contribution in [0.5, 0.6) is 0 Å². The molecule has 2 aliphatic carbocycles. The molecule has 0 aromatic heterocycles. The summed E-state index contributed by atoms with van der Waals surface area (Å²) in [7, 11) is 0. The average molecular weight is 219 g/mol. The molecule has 0 aromatic rings. The summed E-state index contributed by atoms with van der Waals surface area (Å²) >= 11 is 0. The van der Waals surface area contributed by atoms with Crippen molar-refractivity contribution in [1.29, 1.82) is 5.26 Å². The van der Waals surface area contributed by atoms with Crippen LogP contribution < -0.4 is 0 Å². The minimum atomic E-state index is 0.0390. The van der Waals surface area contributed by atoms with Crippen molar-refractivity contribution in [3.8, 4) is 6.07 Å². The fourth-order valence-corrected chi connectivity index (χ4v) is 3.71. The van der Waals surface area contributed by atoms with Crippen LogP contribution >= 0.6 is 0 Å². The lowest BCUT2D eigenvalue weighted by atomic mass is 9.48. The largest absolute Gasteiger partial charge is 0.198 e. The van der Waals surface area contributed by atoms with Gasteiger partial charge in [0.2, 0.25) is 0 Å². The highest BCUT2D eigenvalue weighted by atomic mass is 14.6. The Balaban J connectivity index is 1.94. The van der Waals surface area contributed by atoms with Crippen molar-refractivity contribution < 1.29 is 0 Å². The molecular weight excluding hydrogens is 194 g/mol. The van der Waals surface area contributed by atoms with Crippen LogP contribution in [0.15, 0.2) is 0 Å². The van der Waals surface area contributed by atoms with Gasteiger partial charge in [-0.2, -0.15) is 5.26 Å². The number of nitrogens with zero attached hydrogens (tertiary/aromatic N) is 1. The van der Waals surface area contributed by atoms with Crippen molar-refractivity contribution in [3.05, 3.63) is 0 Å². The summed E-state index contributed by atoms with van der Waals surface area (Å²) in [5, 5.41) is 9.22. The average Bonchev–Trinajstić information content (AvgIpc) is 2.12.